The van der Waals surface area contributed by atoms with Gasteiger partial charge in [0.15, 0.2) is 0 Å². The van der Waals surface area contributed by atoms with Gasteiger partial charge in [0.1, 0.15) is 11.3 Å². The van der Waals surface area contributed by atoms with Crippen LogP contribution in [0.2, 0.25) is 0 Å². The zero-order chi connectivity index (χ0) is 43.5. The van der Waals surface area contributed by atoms with Gasteiger partial charge in [-0.2, -0.15) is 0 Å². The molecule has 0 radical (unpaired) electrons. The van der Waals surface area contributed by atoms with E-state index in [2.05, 4.69) is 227 Å². The molecule has 0 aliphatic heterocycles. The summed E-state index contributed by atoms with van der Waals surface area (Å²) in [7, 11) is 0. The van der Waals surface area contributed by atoms with Crippen molar-refractivity contribution in [3.8, 4) is 44.5 Å². The molecule has 4 heterocycles. The minimum absolute atomic E-state index is 0.513. The van der Waals surface area contributed by atoms with Crippen LogP contribution in [0.4, 0.5) is 0 Å². The number of hydrogen-bond acceptors (Lipinski definition) is 2. The van der Waals surface area contributed by atoms with E-state index in [0.717, 1.165) is 55.2 Å². The number of imidazole rings is 2. The molecule has 0 atom stereocenters. The molecule has 1 spiro atoms. The van der Waals surface area contributed by atoms with Gasteiger partial charge in [0.25, 0.3) is 0 Å². The highest BCUT2D eigenvalue weighted by Crippen LogP contribution is 2.63. The molecule has 0 amide bonds. The van der Waals surface area contributed by atoms with Gasteiger partial charge >= 0.3 is 0 Å². The van der Waals surface area contributed by atoms with Crippen molar-refractivity contribution in [2.45, 2.75) is 5.41 Å². The van der Waals surface area contributed by atoms with Crippen LogP contribution >= 0.6 is 0 Å². The van der Waals surface area contributed by atoms with Crippen molar-refractivity contribution in [3.63, 3.8) is 0 Å². The van der Waals surface area contributed by atoms with E-state index in [1.54, 1.807) is 0 Å². The van der Waals surface area contributed by atoms with E-state index in [0.29, 0.717) is 0 Å². The first-order chi connectivity index (χ1) is 33.2. The smallest absolute Gasteiger partial charge is 0.146 e. The van der Waals surface area contributed by atoms with Gasteiger partial charge in [-0.15, -0.1) is 0 Å². The molecule has 16 rings (SSSR count). The third-order valence-corrected chi connectivity index (χ3v) is 15.3. The molecule has 0 N–H and O–H groups in total. The largest absolute Gasteiger partial charge is 0.292 e. The molecule has 10 aromatic carbocycles. The van der Waals surface area contributed by atoms with E-state index < -0.39 is 5.41 Å². The van der Waals surface area contributed by atoms with Gasteiger partial charge in [0.2, 0.25) is 0 Å². The third kappa shape index (κ3) is 4.47. The maximum Gasteiger partial charge on any atom is 0.146 e. The Bertz CT molecular complexity index is 4240. The Balaban J connectivity index is 0.929. The maximum atomic E-state index is 5.14. The Hall–Kier alpha value is -8.86. The summed E-state index contributed by atoms with van der Waals surface area (Å²) in [5.41, 5.74) is 23.3. The van der Waals surface area contributed by atoms with Crippen LogP contribution in [-0.2, 0) is 5.41 Å². The average Bonchev–Trinajstić information content (AvgIpc) is 4.14. The molecule has 2 aliphatic carbocycles. The Kier molecular flexibility index (Phi) is 6.72. The fourth-order valence-corrected chi connectivity index (χ4v) is 12.5. The van der Waals surface area contributed by atoms with Crippen molar-refractivity contribution in [2.24, 2.45) is 0 Å². The van der Waals surface area contributed by atoms with Crippen molar-refractivity contribution in [1.29, 1.82) is 0 Å². The van der Waals surface area contributed by atoms with Crippen LogP contribution in [0.5, 0.6) is 0 Å². The number of hydrogen-bond donors (Lipinski definition) is 0. The van der Waals surface area contributed by atoms with Gasteiger partial charge in [-0.05, 0) is 138 Å². The minimum Gasteiger partial charge on any atom is -0.292 e. The molecule has 2 aliphatic rings. The van der Waals surface area contributed by atoms with Crippen LogP contribution in [0.3, 0.4) is 0 Å². The third-order valence-electron chi connectivity index (χ3n) is 15.3. The molecule has 4 nitrogen and oxygen atoms in total. The molecular weight excluding hydrogens is 813 g/mol. The number of benzene rings is 10. The van der Waals surface area contributed by atoms with Crippen molar-refractivity contribution in [1.82, 2.24) is 18.8 Å². The lowest BCUT2D eigenvalue weighted by Gasteiger charge is -2.31. The number of para-hydroxylation sites is 4. The topological polar surface area (TPSA) is 34.6 Å². The van der Waals surface area contributed by atoms with Crippen molar-refractivity contribution < 1.29 is 0 Å². The second kappa shape index (κ2) is 12.7. The van der Waals surface area contributed by atoms with Crippen LogP contribution < -0.4 is 0 Å². The normalized spacial score (nSPS) is 13.5. The van der Waals surface area contributed by atoms with Gasteiger partial charge in [-0.3, -0.25) is 8.80 Å². The summed E-state index contributed by atoms with van der Waals surface area (Å²) in [6, 6.07) is 81.1. The summed E-state index contributed by atoms with van der Waals surface area (Å²) in [5, 5.41) is 7.17. The SMILES string of the molecule is c1ccc2c(c1)-c1ccc(-c3ccc4c(c3)c3ccccc3c3nc5ccccc5n43)cc1C21c2ccccc2-c2ccc(-c3ccc4c(c3)c3ccccc3c3nc5ccccc5n43)cc21. The lowest BCUT2D eigenvalue weighted by molar-refractivity contribution is 0.794. The van der Waals surface area contributed by atoms with E-state index in [1.807, 2.05) is 0 Å². The molecule has 0 unspecified atom stereocenters. The highest BCUT2D eigenvalue weighted by molar-refractivity contribution is 6.16. The van der Waals surface area contributed by atoms with Gasteiger partial charge in [0.05, 0.1) is 38.5 Å². The lowest BCUT2D eigenvalue weighted by Crippen LogP contribution is -2.26. The van der Waals surface area contributed by atoms with Gasteiger partial charge in [-0.1, -0.05) is 158 Å². The maximum absolute atomic E-state index is 5.14. The summed E-state index contributed by atoms with van der Waals surface area (Å²) in [6.07, 6.45) is 0. The summed E-state index contributed by atoms with van der Waals surface area (Å²) < 4.78 is 4.68. The lowest BCUT2D eigenvalue weighted by atomic mass is 9.70. The van der Waals surface area contributed by atoms with Crippen LogP contribution in [0.25, 0.3) is 121 Å². The summed E-state index contributed by atoms with van der Waals surface area (Å²) in [6.45, 7) is 0. The summed E-state index contributed by atoms with van der Waals surface area (Å²) in [4.78, 5) is 10.3. The zero-order valence-corrected chi connectivity index (χ0v) is 36.1. The highest BCUT2D eigenvalue weighted by atomic mass is 15.0. The molecule has 4 aromatic heterocycles. The number of aromatic nitrogens is 4. The number of nitrogens with zero attached hydrogens (tertiary/aromatic N) is 4. The van der Waals surface area contributed by atoms with E-state index in [4.69, 9.17) is 9.97 Å². The van der Waals surface area contributed by atoms with Crippen LogP contribution in [0.1, 0.15) is 22.3 Å². The molecule has 0 saturated carbocycles. The van der Waals surface area contributed by atoms with Crippen LogP contribution in [0.15, 0.2) is 218 Å². The number of rotatable bonds is 2. The minimum atomic E-state index is -0.513. The molecule has 14 aromatic rings. The quantitative estimate of drug-likeness (QED) is 0.162. The molecular formula is C63H36N4. The van der Waals surface area contributed by atoms with Crippen LogP contribution in [-0.4, -0.2) is 18.8 Å². The number of fused-ring (bicyclic) bond motifs is 26. The molecule has 0 fully saturated rings. The van der Waals surface area contributed by atoms with E-state index >= 15 is 0 Å². The fourth-order valence-electron chi connectivity index (χ4n) is 12.5. The van der Waals surface area contributed by atoms with E-state index in [1.165, 1.54) is 88.3 Å². The van der Waals surface area contributed by atoms with E-state index in [-0.39, 0.29) is 0 Å². The highest BCUT2D eigenvalue weighted by Gasteiger charge is 2.51. The number of pyridine rings is 2. The second-order valence-electron chi connectivity index (χ2n) is 18.4. The second-order valence-corrected chi connectivity index (χ2v) is 18.4. The molecule has 0 bridgehead atoms. The first-order valence-electron chi connectivity index (χ1n) is 23.2. The molecule has 0 saturated heterocycles. The van der Waals surface area contributed by atoms with Crippen molar-refractivity contribution >= 4 is 76.7 Å². The zero-order valence-electron chi connectivity index (χ0n) is 36.1. The van der Waals surface area contributed by atoms with Crippen molar-refractivity contribution in [3.05, 3.63) is 241 Å². The molecule has 308 valence electrons. The van der Waals surface area contributed by atoms with Gasteiger partial charge in [0, 0.05) is 21.5 Å². The van der Waals surface area contributed by atoms with E-state index in [9.17, 15) is 0 Å². The van der Waals surface area contributed by atoms with Gasteiger partial charge < -0.3 is 0 Å². The van der Waals surface area contributed by atoms with Crippen LogP contribution in [0, 0.1) is 0 Å². The summed E-state index contributed by atoms with van der Waals surface area (Å²) in [5.74, 6) is 0. The Labute approximate surface area is 384 Å². The average molecular weight is 849 g/mol. The van der Waals surface area contributed by atoms with Gasteiger partial charge in [-0.25, -0.2) is 9.97 Å². The fraction of sp³-hybridized carbons (Fsp3) is 0.0159. The van der Waals surface area contributed by atoms with Crippen molar-refractivity contribution in [2.75, 3.05) is 0 Å². The first-order valence-corrected chi connectivity index (χ1v) is 23.2. The Morgan fingerprint density at radius 3 is 1.13 bits per heavy atom. The monoisotopic (exact) mass is 848 g/mol. The summed E-state index contributed by atoms with van der Waals surface area (Å²) >= 11 is 0. The molecule has 4 heteroatoms. The predicted molar refractivity (Wildman–Crippen MR) is 276 cm³/mol. The predicted octanol–water partition coefficient (Wildman–Crippen LogP) is 15.6. The first kappa shape index (κ1) is 35.5. The molecule has 67 heavy (non-hydrogen) atoms. The standard InChI is InChI=1S/C63H36N4/c1-3-17-47-41(13-1)49-33-37(27-31-57(49)66-59-23-11-9-21-55(59)64-61(47)66)39-25-29-45-43-15-5-7-19-51(43)63(53(45)35-39)52-20-8-6-16-44(52)46-30-26-40(36-54(46)63)38-28-32-58-50(34-38)42-14-2-4-18-48(42)62-65-56-22-10-12-24-60(56)67(58)62/h1-36H. The Morgan fingerprint density at radius 1 is 0.269 bits per heavy atom. The Morgan fingerprint density at radius 2 is 0.642 bits per heavy atom.